The number of Topliss-reactive ketones (excluding diaryl/α,β-unsaturated/α-hetero) is 1. The van der Waals surface area contributed by atoms with Gasteiger partial charge in [-0.3, -0.25) is 4.79 Å². The Morgan fingerprint density at radius 2 is 1.65 bits per heavy atom. The number of alkyl halides is 3. The van der Waals surface area contributed by atoms with Crippen molar-refractivity contribution in [2.24, 2.45) is 0 Å². The average molecular weight is 583 g/mol. The first kappa shape index (κ1) is 28.9. The van der Waals surface area contributed by atoms with Crippen molar-refractivity contribution in [1.29, 1.82) is 0 Å². The van der Waals surface area contributed by atoms with Gasteiger partial charge in [-0.05, 0) is 67.3 Å². The van der Waals surface area contributed by atoms with E-state index >= 15 is 0 Å². The van der Waals surface area contributed by atoms with Crippen LogP contribution in [-0.4, -0.2) is 38.8 Å². The first-order valence-electron chi connectivity index (χ1n) is 11.8. The normalized spacial score (nSPS) is 18.0. The van der Waals surface area contributed by atoms with Crippen molar-refractivity contribution in [2.75, 3.05) is 20.8 Å². The van der Waals surface area contributed by atoms with Gasteiger partial charge in [0.05, 0.1) is 32.0 Å². The highest BCUT2D eigenvalue weighted by Crippen LogP contribution is 2.37. The van der Waals surface area contributed by atoms with Crippen molar-refractivity contribution in [2.45, 2.75) is 52.2 Å². The van der Waals surface area contributed by atoms with Gasteiger partial charge in [-0.15, -0.1) is 0 Å². The summed E-state index contributed by atoms with van der Waals surface area (Å²) in [5.41, 5.74) is 1.88. The SMILES string of the molecule is CCCOC1C(OC)=CC(C)=C(C(=O)c2c(OC)ccc(Br)c2C)C1OCc1ccc(C(F)(F)F)cc1. The molecule has 1 aliphatic carbocycles. The summed E-state index contributed by atoms with van der Waals surface area (Å²) in [5.74, 6) is 0.625. The number of carbonyl (C=O) groups excluding carboxylic acids is 1. The summed E-state index contributed by atoms with van der Waals surface area (Å²) >= 11 is 3.49. The van der Waals surface area contributed by atoms with E-state index < -0.39 is 23.9 Å². The topological polar surface area (TPSA) is 54.0 Å². The molecule has 1 aliphatic rings. The van der Waals surface area contributed by atoms with Crippen LogP contribution in [0, 0.1) is 6.92 Å². The highest BCUT2D eigenvalue weighted by Gasteiger charge is 2.40. The van der Waals surface area contributed by atoms with Crippen LogP contribution in [0.1, 0.15) is 47.3 Å². The molecule has 0 aliphatic heterocycles. The number of carbonyl (C=O) groups is 1. The van der Waals surface area contributed by atoms with E-state index in [1.54, 1.807) is 19.1 Å². The molecule has 2 unspecified atom stereocenters. The van der Waals surface area contributed by atoms with E-state index in [1.165, 1.54) is 26.4 Å². The van der Waals surface area contributed by atoms with Crippen LogP contribution < -0.4 is 4.74 Å². The fourth-order valence-corrected chi connectivity index (χ4v) is 4.52. The number of halogens is 4. The molecule has 0 N–H and O–H groups in total. The number of ketones is 1. The molecule has 2 atom stereocenters. The molecule has 9 heteroatoms. The van der Waals surface area contributed by atoms with Gasteiger partial charge in [0.2, 0.25) is 0 Å². The largest absolute Gasteiger partial charge is 0.498 e. The Hall–Kier alpha value is -2.62. The van der Waals surface area contributed by atoms with Gasteiger partial charge in [0.15, 0.2) is 5.78 Å². The molecule has 0 spiro atoms. The van der Waals surface area contributed by atoms with Crippen molar-refractivity contribution in [3.05, 3.63) is 86.1 Å². The van der Waals surface area contributed by atoms with Crippen molar-refractivity contribution < 1.29 is 36.9 Å². The third-order valence-corrected chi connectivity index (χ3v) is 6.98. The molecule has 0 aromatic heterocycles. The molecule has 2 aromatic rings. The maximum absolute atomic E-state index is 14.1. The van der Waals surface area contributed by atoms with Crippen LogP contribution in [0.15, 0.2) is 63.9 Å². The van der Waals surface area contributed by atoms with E-state index in [1.807, 2.05) is 19.9 Å². The molecule has 37 heavy (non-hydrogen) atoms. The van der Waals surface area contributed by atoms with Crippen LogP contribution in [0.2, 0.25) is 0 Å². The maximum atomic E-state index is 14.1. The molecule has 0 bridgehead atoms. The van der Waals surface area contributed by atoms with Crippen LogP contribution in [0.5, 0.6) is 5.75 Å². The van der Waals surface area contributed by atoms with Gasteiger partial charge in [-0.2, -0.15) is 13.2 Å². The van der Waals surface area contributed by atoms with E-state index in [9.17, 15) is 18.0 Å². The number of hydrogen-bond donors (Lipinski definition) is 0. The second-order valence-corrected chi connectivity index (χ2v) is 9.50. The zero-order valence-corrected chi connectivity index (χ0v) is 23.0. The van der Waals surface area contributed by atoms with Gasteiger partial charge in [-0.25, -0.2) is 0 Å². The highest BCUT2D eigenvalue weighted by molar-refractivity contribution is 9.10. The van der Waals surface area contributed by atoms with Gasteiger partial charge in [0.1, 0.15) is 23.7 Å². The summed E-state index contributed by atoms with van der Waals surface area (Å²) in [6.45, 7) is 5.92. The van der Waals surface area contributed by atoms with E-state index in [2.05, 4.69) is 15.9 Å². The summed E-state index contributed by atoms with van der Waals surface area (Å²) in [6.07, 6.45) is -3.54. The number of methoxy groups -OCH3 is 2. The molecule has 0 heterocycles. The van der Waals surface area contributed by atoms with Crippen molar-refractivity contribution >= 4 is 21.7 Å². The zero-order chi connectivity index (χ0) is 27.3. The minimum atomic E-state index is -4.43. The molecule has 0 amide bonds. The van der Waals surface area contributed by atoms with Gasteiger partial charge in [-0.1, -0.05) is 35.0 Å². The van der Waals surface area contributed by atoms with E-state index in [0.717, 1.165) is 23.0 Å². The predicted octanol–water partition coefficient (Wildman–Crippen LogP) is 7.21. The molecule has 5 nitrogen and oxygen atoms in total. The van der Waals surface area contributed by atoms with Crippen LogP contribution >= 0.6 is 15.9 Å². The average Bonchev–Trinajstić information content (AvgIpc) is 2.87. The summed E-state index contributed by atoms with van der Waals surface area (Å²) in [6, 6.07) is 8.26. The van der Waals surface area contributed by atoms with Crippen molar-refractivity contribution in [3.63, 3.8) is 0 Å². The summed E-state index contributed by atoms with van der Waals surface area (Å²) in [5, 5.41) is 0. The van der Waals surface area contributed by atoms with E-state index in [0.29, 0.717) is 46.0 Å². The van der Waals surface area contributed by atoms with Crippen LogP contribution in [0.3, 0.4) is 0 Å². The van der Waals surface area contributed by atoms with Crippen LogP contribution in [0.4, 0.5) is 13.2 Å². The molecule has 3 rings (SSSR count). The first-order valence-corrected chi connectivity index (χ1v) is 12.6. The zero-order valence-electron chi connectivity index (χ0n) is 21.4. The number of benzene rings is 2. The quantitative estimate of drug-likeness (QED) is 0.277. The highest BCUT2D eigenvalue weighted by atomic mass is 79.9. The molecule has 0 radical (unpaired) electrons. The lowest BCUT2D eigenvalue weighted by atomic mass is 9.85. The number of ether oxygens (including phenoxy) is 4. The van der Waals surface area contributed by atoms with E-state index in [4.69, 9.17) is 18.9 Å². The fourth-order valence-electron chi connectivity index (χ4n) is 4.19. The Bertz CT molecular complexity index is 1190. The molecular weight excluding hydrogens is 553 g/mol. The van der Waals surface area contributed by atoms with Crippen LogP contribution in [-0.2, 0) is 27.0 Å². The molecule has 0 fully saturated rings. The standard InChI is InChI=1S/C28H30BrF3O5/c1-6-13-36-26-22(35-5)14-16(2)23(25(33)24-17(3)20(29)11-12-21(24)34-4)27(26)37-15-18-7-9-19(10-8-18)28(30,31)32/h7-12,14,26-27H,6,13,15H2,1-5H3. The monoisotopic (exact) mass is 582 g/mol. The summed E-state index contributed by atoms with van der Waals surface area (Å²) in [7, 11) is 3.01. The molecule has 0 saturated carbocycles. The Labute approximate surface area is 223 Å². The lowest BCUT2D eigenvalue weighted by Crippen LogP contribution is -2.41. The molecule has 0 saturated heterocycles. The Morgan fingerprint density at radius 1 is 0.973 bits per heavy atom. The number of allylic oxidation sites excluding steroid dienone is 2. The fraction of sp³-hybridized carbons (Fsp3) is 0.393. The van der Waals surface area contributed by atoms with Gasteiger partial charge in [0.25, 0.3) is 0 Å². The number of rotatable bonds is 10. The molecular formula is C28H30BrF3O5. The Kier molecular flexibility index (Phi) is 9.61. The predicted molar refractivity (Wildman–Crippen MR) is 138 cm³/mol. The van der Waals surface area contributed by atoms with Crippen molar-refractivity contribution in [1.82, 2.24) is 0 Å². The summed E-state index contributed by atoms with van der Waals surface area (Å²) < 4.78 is 63.1. The second-order valence-electron chi connectivity index (χ2n) is 8.64. The minimum absolute atomic E-state index is 0.0373. The summed E-state index contributed by atoms with van der Waals surface area (Å²) in [4.78, 5) is 14.1. The maximum Gasteiger partial charge on any atom is 0.416 e. The van der Waals surface area contributed by atoms with Crippen LogP contribution in [0.25, 0.3) is 0 Å². The van der Waals surface area contributed by atoms with E-state index in [-0.39, 0.29) is 12.4 Å². The third-order valence-electron chi connectivity index (χ3n) is 6.12. The van der Waals surface area contributed by atoms with Gasteiger partial charge in [0, 0.05) is 16.7 Å². The molecule has 200 valence electrons. The Morgan fingerprint density at radius 3 is 2.22 bits per heavy atom. The Balaban J connectivity index is 2.04. The van der Waals surface area contributed by atoms with Gasteiger partial charge >= 0.3 is 6.18 Å². The van der Waals surface area contributed by atoms with Crippen molar-refractivity contribution in [3.8, 4) is 5.75 Å². The van der Waals surface area contributed by atoms with Gasteiger partial charge < -0.3 is 18.9 Å². The smallest absolute Gasteiger partial charge is 0.416 e. The lowest BCUT2D eigenvalue weighted by Gasteiger charge is -2.34. The number of hydrogen-bond acceptors (Lipinski definition) is 5. The lowest BCUT2D eigenvalue weighted by molar-refractivity contribution is -0.137. The third kappa shape index (κ3) is 6.45. The first-order chi connectivity index (χ1) is 17.5. The molecule has 2 aromatic carbocycles. The second kappa shape index (κ2) is 12.3. The minimum Gasteiger partial charge on any atom is -0.498 e.